The Labute approximate surface area is 159 Å². The van der Waals surface area contributed by atoms with Crippen LogP contribution in [-0.2, 0) is 9.59 Å². The molecule has 2 atom stereocenters. The van der Waals surface area contributed by atoms with E-state index in [1.165, 1.54) is 12.8 Å². The van der Waals surface area contributed by atoms with Crippen molar-refractivity contribution in [2.24, 2.45) is 11.8 Å². The number of benzene rings is 1. The summed E-state index contributed by atoms with van der Waals surface area (Å²) in [5.41, 5.74) is 1.19. The van der Waals surface area contributed by atoms with Gasteiger partial charge in [0.2, 0.25) is 5.91 Å². The molecule has 6 heteroatoms. The van der Waals surface area contributed by atoms with Crippen LogP contribution >= 0.6 is 0 Å². The number of allylic oxidation sites excluding steroid dienone is 2. The molecule has 2 amide bonds. The predicted molar refractivity (Wildman–Crippen MR) is 102 cm³/mol. The third kappa shape index (κ3) is 4.76. The molecule has 144 valence electrons. The number of likely N-dealkylation sites (tertiary alicyclic amines) is 1. The molecule has 1 saturated heterocycles. The minimum atomic E-state index is -0.946. The van der Waals surface area contributed by atoms with E-state index in [4.69, 9.17) is 0 Å². The monoisotopic (exact) mass is 370 g/mol. The average molecular weight is 370 g/mol. The van der Waals surface area contributed by atoms with E-state index < -0.39 is 17.8 Å². The summed E-state index contributed by atoms with van der Waals surface area (Å²) < 4.78 is 0. The number of nitrogens with zero attached hydrogens (tertiary/aromatic N) is 1. The molecule has 1 fully saturated rings. The minimum Gasteiger partial charge on any atom is -0.481 e. The molecule has 0 bridgehead atoms. The van der Waals surface area contributed by atoms with Crippen molar-refractivity contribution < 1.29 is 19.5 Å². The number of hydrogen-bond acceptors (Lipinski definition) is 3. The van der Waals surface area contributed by atoms with Crippen LogP contribution in [0.5, 0.6) is 0 Å². The summed E-state index contributed by atoms with van der Waals surface area (Å²) in [7, 11) is 0. The molecule has 0 aromatic heterocycles. The van der Waals surface area contributed by atoms with Gasteiger partial charge in [-0.25, -0.2) is 0 Å². The molecule has 1 aliphatic heterocycles. The molecule has 1 heterocycles. The number of aliphatic carboxylic acids is 1. The van der Waals surface area contributed by atoms with Gasteiger partial charge < -0.3 is 15.3 Å². The Morgan fingerprint density at radius 2 is 1.48 bits per heavy atom. The SMILES string of the molecule is O=C(Nc1ccc(C(=O)N2CCCCCC2)cc1)[C@H]1CC=CC[C@H]1C(=O)O. The first kappa shape index (κ1) is 19.1. The fourth-order valence-electron chi connectivity index (χ4n) is 3.76. The Morgan fingerprint density at radius 1 is 0.889 bits per heavy atom. The highest BCUT2D eigenvalue weighted by molar-refractivity contribution is 5.97. The molecule has 1 aromatic rings. The van der Waals surface area contributed by atoms with Gasteiger partial charge in [-0.1, -0.05) is 25.0 Å². The zero-order chi connectivity index (χ0) is 19.2. The van der Waals surface area contributed by atoms with Crippen molar-refractivity contribution in [2.75, 3.05) is 18.4 Å². The Hall–Kier alpha value is -2.63. The van der Waals surface area contributed by atoms with Crippen molar-refractivity contribution in [3.63, 3.8) is 0 Å². The summed E-state index contributed by atoms with van der Waals surface area (Å²) in [6.45, 7) is 1.59. The molecule has 2 aliphatic rings. The van der Waals surface area contributed by atoms with Gasteiger partial charge in [-0.15, -0.1) is 0 Å². The maximum atomic E-state index is 12.6. The normalized spacial score (nSPS) is 22.7. The lowest BCUT2D eigenvalue weighted by Gasteiger charge is -2.24. The summed E-state index contributed by atoms with van der Waals surface area (Å²) in [5, 5.41) is 12.1. The number of carboxylic acid groups (broad SMARTS) is 1. The van der Waals surface area contributed by atoms with Gasteiger partial charge in [-0.05, 0) is 49.9 Å². The minimum absolute atomic E-state index is 0.0261. The van der Waals surface area contributed by atoms with E-state index in [1.54, 1.807) is 24.3 Å². The Bertz CT molecular complexity index is 718. The van der Waals surface area contributed by atoms with E-state index in [-0.39, 0.29) is 11.8 Å². The van der Waals surface area contributed by atoms with Gasteiger partial charge in [0.05, 0.1) is 11.8 Å². The third-order valence-electron chi connectivity index (χ3n) is 5.38. The topological polar surface area (TPSA) is 86.7 Å². The zero-order valence-corrected chi connectivity index (χ0v) is 15.4. The first-order valence-corrected chi connectivity index (χ1v) is 9.64. The molecule has 0 unspecified atom stereocenters. The average Bonchev–Trinajstić information content (AvgIpc) is 2.97. The number of hydrogen-bond donors (Lipinski definition) is 2. The lowest BCUT2D eigenvalue weighted by Crippen LogP contribution is -2.34. The summed E-state index contributed by atoms with van der Waals surface area (Å²) in [6.07, 6.45) is 8.88. The quantitative estimate of drug-likeness (QED) is 0.796. The number of carbonyl (C=O) groups is 3. The van der Waals surface area contributed by atoms with Gasteiger partial charge in [0, 0.05) is 24.3 Å². The van der Waals surface area contributed by atoms with Crippen LogP contribution in [0, 0.1) is 11.8 Å². The van der Waals surface area contributed by atoms with Crippen molar-refractivity contribution in [3.8, 4) is 0 Å². The molecule has 1 aromatic carbocycles. The van der Waals surface area contributed by atoms with Crippen LogP contribution in [0.2, 0.25) is 0 Å². The molecular formula is C21H26N2O4. The summed E-state index contributed by atoms with van der Waals surface area (Å²) in [6, 6.07) is 6.85. The highest BCUT2D eigenvalue weighted by Gasteiger charge is 2.33. The number of carbonyl (C=O) groups excluding carboxylic acids is 2. The third-order valence-corrected chi connectivity index (χ3v) is 5.38. The lowest BCUT2D eigenvalue weighted by atomic mass is 9.82. The molecule has 0 radical (unpaired) electrons. The van der Waals surface area contributed by atoms with E-state index in [0.717, 1.165) is 25.9 Å². The number of carboxylic acids is 1. The summed E-state index contributed by atoms with van der Waals surface area (Å²) >= 11 is 0. The largest absolute Gasteiger partial charge is 0.481 e. The lowest BCUT2D eigenvalue weighted by molar-refractivity contribution is -0.146. The predicted octanol–water partition coefficient (Wildman–Crippen LogP) is 3.31. The molecule has 1 aliphatic carbocycles. The molecule has 2 N–H and O–H groups in total. The second-order valence-electron chi connectivity index (χ2n) is 7.27. The molecule has 6 nitrogen and oxygen atoms in total. The second kappa shape index (κ2) is 8.84. The number of anilines is 1. The molecule has 27 heavy (non-hydrogen) atoms. The van der Waals surface area contributed by atoms with Crippen LogP contribution in [0.1, 0.15) is 48.9 Å². The van der Waals surface area contributed by atoms with E-state index in [9.17, 15) is 19.5 Å². The number of rotatable bonds is 4. The van der Waals surface area contributed by atoms with Gasteiger partial charge in [0.15, 0.2) is 0 Å². The summed E-state index contributed by atoms with van der Waals surface area (Å²) in [4.78, 5) is 38.4. The Kier molecular flexibility index (Phi) is 6.27. The van der Waals surface area contributed by atoms with Gasteiger partial charge in [-0.3, -0.25) is 14.4 Å². The zero-order valence-electron chi connectivity index (χ0n) is 15.4. The van der Waals surface area contributed by atoms with Gasteiger partial charge >= 0.3 is 5.97 Å². The molecule has 3 rings (SSSR count). The van der Waals surface area contributed by atoms with Crippen molar-refractivity contribution in [1.82, 2.24) is 4.90 Å². The smallest absolute Gasteiger partial charge is 0.307 e. The van der Waals surface area contributed by atoms with Crippen molar-refractivity contribution >= 4 is 23.5 Å². The Balaban J connectivity index is 1.63. The fourth-order valence-corrected chi connectivity index (χ4v) is 3.76. The molecular weight excluding hydrogens is 344 g/mol. The Morgan fingerprint density at radius 3 is 2.07 bits per heavy atom. The van der Waals surface area contributed by atoms with E-state index in [2.05, 4.69) is 5.32 Å². The van der Waals surface area contributed by atoms with E-state index >= 15 is 0 Å². The summed E-state index contributed by atoms with van der Waals surface area (Å²) in [5.74, 6) is -2.49. The van der Waals surface area contributed by atoms with E-state index in [1.807, 2.05) is 17.1 Å². The highest BCUT2D eigenvalue weighted by atomic mass is 16.4. The highest BCUT2D eigenvalue weighted by Crippen LogP contribution is 2.27. The molecule has 0 saturated carbocycles. The van der Waals surface area contributed by atoms with E-state index in [0.29, 0.717) is 24.1 Å². The van der Waals surface area contributed by atoms with Crippen molar-refractivity contribution in [1.29, 1.82) is 0 Å². The van der Waals surface area contributed by atoms with Crippen LogP contribution in [0.15, 0.2) is 36.4 Å². The van der Waals surface area contributed by atoms with Crippen molar-refractivity contribution in [3.05, 3.63) is 42.0 Å². The molecule has 0 spiro atoms. The van der Waals surface area contributed by atoms with Crippen molar-refractivity contribution in [2.45, 2.75) is 38.5 Å². The van der Waals surface area contributed by atoms with Crippen LogP contribution < -0.4 is 5.32 Å². The number of nitrogens with one attached hydrogen (secondary N) is 1. The van der Waals surface area contributed by atoms with Gasteiger partial charge in [0.1, 0.15) is 0 Å². The first-order chi connectivity index (χ1) is 13.1. The fraction of sp³-hybridized carbons (Fsp3) is 0.476. The van der Waals surface area contributed by atoms with Gasteiger partial charge in [0.25, 0.3) is 5.91 Å². The number of amides is 2. The van der Waals surface area contributed by atoms with Crippen LogP contribution in [0.3, 0.4) is 0 Å². The van der Waals surface area contributed by atoms with Crippen LogP contribution in [0.4, 0.5) is 5.69 Å². The maximum Gasteiger partial charge on any atom is 0.307 e. The maximum absolute atomic E-state index is 12.6. The second-order valence-corrected chi connectivity index (χ2v) is 7.27. The van der Waals surface area contributed by atoms with Crippen LogP contribution in [0.25, 0.3) is 0 Å². The standard InChI is InChI=1S/C21H26N2O4/c24-19(17-7-3-4-8-18(17)21(26)27)22-16-11-9-15(10-12-16)20(25)23-13-5-1-2-6-14-23/h3-4,9-12,17-18H,1-2,5-8,13-14H2,(H,22,24)(H,26,27)/t17-,18+/m0/s1. The van der Waals surface area contributed by atoms with Crippen LogP contribution in [-0.4, -0.2) is 40.9 Å². The first-order valence-electron chi connectivity index (χ1n) is 9.64. The van der Waals surface area contributed by atoms with Gasteiger partial charge in [-0.2, -0.15) is 0 Å².